The molecule has 0 saturated heterocycles. The molecule has 3 aliphatic carbocycles. The zero-order valence-electron chi connectivity index (χ0n) is 21.3. The van der Waals surface area contributed by atoms with Crippen molar-refractivity contribution in [3.05, 3.63) is 36.6 Å². The van der Waals surface area contributed by atoms with Crippen LogP contribution < -0.4 is 0 Å². The summed E-state index contributed by atoms with van der Waals surface area (Å²) in [6.45, 7) is 23.8. The fraction of sp³-hybridized carbons (Fsp3) is 0.741. The van der Waals surface area contributed by atoms with Crippen molar-refractivity contribution in [2.24, 2.45) is 29.1 Å². The zero-order valence-corrected chi connectivity index (χ0v) is 22.3. The molecule has 2 fully saturated rings. The summed E-state index contributed by atoms with van der Waals surface area (Å²) in [5.74, 6) is 1.49. The number of carbonyl (C=O) groups is 1. The van der Waals surface area contributed by atoms with Gasteiger partial charge >= 0.3 is 5.97 Å². The Labute approximate surface area is 196 Å². The molecule has 0 radical (unpaired) electrons. The van der Waals surface area contributed by atoms with Gasteiger partial charge in [0, 0.05) is 11.8 Å². The van der Waals surface area contributed by atoms with E-state index in [2.05, 4.69) is 53.9 Å². The SMILES string of the molecule is C=C[C@@]12C[C@@H]3[C@H](C)CC[C@H]3[C@](O)(C=C)C[C@@H]1CC(O[Si](C)(C)C(C)(C)C)=C2C(=O)OCC. The standard InChI is InChI=1S/C27H44O4Si/c1-10-26-17-20-18(4)13-14-21(20)27(29,11-2)16-19(26)15-22(23(26)24(28)30-12-3)31-32(8,9)25(5,6)7/h10-11,18-21,29H,1-2,12-17H2,3-9H3/t18-,19+,20-,21-,26-,27+/m1/s1. The van der Waals surface area contributed by atoms with E-state index in [0.717, 1.165) is 25.0 Å². The van der Waals surface area contributed by atoms with Crippen LogP contribution in [0, 0.1) is 29.1 Å². The Morgan fingerprint density at radius 2 is 1.88 bits per heavy atom. The van der Waals surface area contributed by atoms with Gasteiger partial charge in [0.2, 0.25) is 8.32 Å². The topological polar surface area (TPSA) is 55.8 Å². The number of hydrogen-bond acceptors (Lipinski definition) is 4. The minimum Gasteiger partial charge on any atom is -0.546 e. The van der Waals surface area contributed by atoms with E-state index >= 15 is 0 Å². The second-order valence-corrected chi connectivity index (χ2v) is 16.7. The molecule has 3 rings (SSSR count). The van der Waals surface area contributed by atoms with Crippen molar-refractivity contribution in [2.45, 2.75) is 90.5 Å². The second-order valence-electron chi connectivity index (χ2n) is 12.0. The molecule has 180 valence electrons. The Kier molecular flexibility index (Phi) is 6.69. The van der Waals surface area contributed by atoms with Gasteiger partial charge in [0.25, 0.3) is 0 Å². The van der Waals surface area contributed by atoms with Crippen LogP contribution in [0.1, 0.15) is 66.7 Å². The monoisotopic (exact) mass is 460 g/mol. The lowest BCUT2D eigenvalue weighted by molar-refractivity contribution is -0.140. The van der Waals surface area contributed by atoms with Crippen molar-refractivity contribution in [3.8, 4) is 0 Å². The summed E-state index contributed by atoms with van der Waals surface area (Å²) in [6, 6.07) is 0. The van der Waals surface area contributed by atoms with Gasteiger partial charge in [-0.1, -0.05) is 46.3 Å². The summed E-state index contributed by atoms with van der Waals surface area (Å²) >= 11 is 0. The summed E-state index contributed by atoms with van der Waals surface area (Å²) in [5, 5.41) is 11.8. The molecule has 2 saturated carbocycles. The first-order valence-corrected chi connectivity index (χ1v) is 15.3. The zero-order chi connectivity index (χ0) is 24.1. The number of carbonyl (C=O) groups excluding carboxylic acids is 1. The smallest absolute Gasteiger partial charge is 0.338 e. The largest absolute Gasteiger partial charge is 0.546 e. The third-order valence-electron chi connectivity index (χ3n) is 9.26. The molecule has 0 unspecified atom stereocenters. The lowest BCUT2D eigenvalue weighted by atomic mass is 9.67. The third-order valence-corrected chi connectivity index (χ3v) is 13.6. The molecule has 6 atom stereocenters. The van der Waals surface area contributed by atoms with Crippen molar-refractivity contribution in [1.29, 1.82) is 0 Å². The average Bonchev–Trinajstić information content (AvgIpc) is 3.16. The number of fused-ring (bicyclic) bond motifs is 2. The molecule has 0 aromatic carbocycles. The van der Waals surface area contributed by atoms with Crippen molar-refractivity contribution in [2.75, 3.05) is 6.61 Å². The number of esters is 1. The van der Waals surface area contributed by atoms with E-state index in [4.69, 9.17) is 9.16 Å². The Morgan fingerprint density at radius 1 is 1.22 bits per heavy atom. The third kappa shape index (κ3) is 3.94. The fourth-order valence-electron chi connectivity index (χ4n) is 6.31. The quantitative estimate of drug-likeness (QED) is 0.283. The van der Waals surface area contributed by atoms with Gasteiger partial charge in [0.15, 0.2) is 0 Å². The average molecular weight is 461 g/mol. The van der Waals surface area contributed by atoms with Gasteiger partial charge < -0.3 is 14.3 Å². The van der Waals surface area contributed by atoms with Gasteiger partial charge in [0.05, 0.1) is 23.5 Å². The highest BCUT2D eigenvalue weighted by molar-refractivity contribution is 6.74. The van der Waals surface area contributed by atoms with Crippen LogP contribution in [-0.4, -0.2) is 31.6 Å². The van der Waals surface area contributed by atoms with Crippen LogP contribution in [0.5, 0.6) is 0 Å². The van der Waals surface area contributed by atoms with E-state index in [1.54, 1.807) is 6.08 Å². The maximum absolute atomic E-state index is 13.5. The van der Waals surface area contributed by atoms with Crippen molar-refractivity contribution >= 4 is 14.3 Å². The van der Waals surface area contributed by atoms with Crippen LogP contribution in [-0.2, 0) is 14.0 Å². The molecule has 0 aromatic heterocycles. The molecule has 5 heteroatoms. The second kappa shape index (κ2) is 8.46. The highest BCUT2D eigenvalue weighted by Crippen LogP contribution is 2.63. The number of ether oxygens (including phenoxy) is 1. The molecule has 0 bridgehead atoms. The van der Waals surface area contributed by atoms with Gasteiger partial charge in [-0.2, -0.15) is 0 Å². The maximum Gasteiger partial charge on any atom is 0.338 e. The molecule has 0 amide bonds. The van der Waals surface area contributed by atoms with Gasteiger partial charge in [-0.15, -0.1) is 13.2 Å². The summed E-state index contributed by atoms with van der Waals surface area (Å²) in [7, 11) is -2.17. The van der Waals surface area contributed by atoms with E-state index in [1.165, 1.54) is 0 Å². The van der Waals surface area contributed by atoms with Gasteiger partial charge in [-0.05, 0) is 68.0 Å². The predicted molar refractivity (Wildman–Crippen MR) is 132 cm³/mol. The highest BCUT2D eigenvalue weighted by Gasteiger charge is 2.60. The van der Waals surface area contributed by atoms with Crippen LogP contribution in [0.4, 0.5) is 0 Å². The Bertz CT molecular complexity index is 807. The molecular weight excluding hydrogens is 416 g/mol. The number of aliphatic hydroxyl groups is 1. The minimum absolute atomic E-state index is 0.0126. The van der Waals surface area contributed by atoms with Crippen molar-refractivity contribution in [3.63, 3.8) is 0 Å². The number of allylic oxidation sites excluding steroid dienone is 2. The van der Waals surface area contributed by atoms with E-state index in [-0.39, 0.29) is 22.8 Å². The van der Waals surface area contributed by atoms with E-state index < -0.39 is 19.3 Å². The van der Waals surface area contributed by atoms with E-state index in [9.17, 15) is 9.90 Å². The minimum atomic E-state index is -2.17. The molecule has 0 aromatic rings. The van der Waals surface area contributed by atoms with Gasteiger partial charge in [0.1, 0.15) is 0 Å². The Morgan fingerprint density at radius 3 is 2.41 bits per heavy atom. The number of rotatable bonds is 6. The van der Waals surface area contributed by atoms with Crippen LogP contribution in [0.25, 0.3) is 0 Å². The molecule has 4 nitrogen and oxygen atoms in total. The Balaban J connectivity index is 2.17. The van der Waals surface area contributed by atoms with E-state index in [1.807, 2.05) is 13.0 Å². The fourth-order valence-corrected chi connectivity index (χ4v) is 7.42. The summed E-state index contributed by atoms with van der Waals surface area (Å²) < 4.78 is 12.4. The first kappa shape index (κ1) is 25.3. The lowest BCUT2D eigenvalue weighted by Crippen LogP contribution is -2.41. The van der Waals surface area contributed by atoms with Crippen LogP contribution in [0.15, 0.2) is 36.6 Å². The predicted octanol–water partition coefficient (Wildman–Crippen LogP) is 6.39. The normalized spacial score (nSPS) is 37.4. The summed E-state index contributed by atoms with van der Waals surface area (Å²) in [4.78, 5) is 13.5. The maximum atomic E-state index is 13.5. The molecule has 32 heavy (non-hydrogen) atoms. The van der Waals surface area contributed by atoms with E-state index in [0.29, 0.717) is 36.9 Å². The van der Waals surface area contributed by atoms with Gasteiger partial charge in [-0.25, -0.2) is 4.79 Å². The number of hydrogen-bond donors (Lipinski definition) is 1. The molecule has 0 heterocycles. The molecule has 3 aliphatic rings. The lowest BCUT2D eigenvalue weighted by Gasteiger charge is -2.38. The van der Waals surface area contributed by atoms with Crippen molar-refractivity contribution < 1.29 is 19.1 Å². The van der Waals surface area contributed by atoms with Crippen molar-refractivity contribution in [1.82, 2.24) is 0 Å². The molecule has 0 aliphatic heterocycles. The first-order chi connectivity index (χ1) is 14.8. The highest BCUT2D eigenvalue weighted by atomic mass is 28.4. The summed E-state index contributed by atoms with van der Waals surface area (Å²) in [5.41, 5.74) is -0.814. The van der Waals surface area contributed by atoms with Crippen LogP contribution >= 0.6 is 0 Å². The molecular formula is C27H44O4Si. The first-order valence-electron chi connectivity index (χ1n) is 12.4. The van der Waals surface area contributed by atoms with Gasteiger partial charge in [-0.3, -0.25) is 0 Å². The molecule has 0 spiro atoms. The van der Waals surface area contributed by atoms with Crippen LogP contribution in [0.2, 0.25) is 18.1 Å². The summed E-state index contributed by atoms with van der Waals surface area (Å²) in [6.07, 6.45) is 7.85. The van der Waals surface area contributed by atoms with Crippen LogP contribution in [0.3, 0.4) is 0 Å². The Hall–Kier alpha value is -1.33. The molecule has 1 N–H and O–H groups in total.